The van der Waals surface area contributed by atoms with Crippen molar-refractivity contribution in [3.63, 3.8) is 0 Å². The van der Waals surface area contributed by atoms with E-state index in [4.69, 9.17) is 12.2 Å². The molecule has 0 saturated carbocycles. The highest BCUT2D eigenvalue weighted by Gasteiger charge is 2.32. The van der Waals surface area contributed by atoms with E-state index < -0.39 is 0 Å². The van der Waals surface area contributed by atoms with Gasteiger partial charge in [-0.2, -0.15) is 5.26 Å². The monoisotopic (exact) mass is 430 g/mol. The zero-order valence-corrected chi connectivity index (χ0v) is 18.8. The van der Waals surface area contributed by atoms with Gasteiger partial charge in [-0.05, 0) is 44.2 Å². The van der Waals surface area contributed by atoms with E-state index in [1.54, 1.807) is 23.4 Å². The summed E-state index contributed by atoms with van der Waals surface area (Å²) in [4.78, 5) is 30.1. The van der Waals surface area contributed by atoms with E-state index in [1.807, 2.05) is 12.1 Å². The number of aromatic nitrogens is 1. The van der Waals surface area contributed by atoms with E-state index in [2.05, 4.69) is 11.8 Å². The molecule has 1 aromatic rings. The number of thioether (sulfide) groups is 1. The Balaban J connectivity index is 2.13. The molecule has 154 valence electrons. The number of pyridine rings is 1. The molecule has 0 aliphatic carbocycles. The fraction of sp³-hybridized carbons (Fsp3) is 0.524. The Morgan fingerprint density at radius 3 is 2.55 bits per heavy atom. The molecule has 6 nitrogen and oxygen atoms in total. The molecule has 1 amide bonds. The fourth-order valence-corrected chi connectivity index (χ4v) is 5.13. The molecular weight excluding hydrogens is 404 g/mol. The minimum Gasteiger partial charge on any atom is -0.357 e. The van der Waals surface area contributed by atoms with Gasteiger partial charge in [0.15, 0.2) is 0 Å². The number of hydrogen-bond acceptors (Lipinski definition) is 6. The van der Waals surface area contributed by atoms with Crippen LogP contribution in [0.3, 0.4) is 0 Å². The average molecular weight is 431 g/mol. The summed E-state index contributed by atoms with van der Waals surface area (Å²) in [5.74, 6) is 0.690. The molecule has 0 N–H and O–H groups in total. The molecule has 0 atom stereocenters. The van der Waals surface area contributed by atoms with Crippen LogP contribution >= 0.6 is 24.0 Å². The molecule has 0 radical (unpaired) electrons. The van der Waals surface area contributed by atoms with Gasteiger partial charge in [0.1, 0.15) is 21.8 Å². The molecule has 0 bridgehead atoms. The van der Waals surface area contributed by atoms with Crippen molar-refractivity contribution in [3.8, 4) is 6.07 Å². The van der Waals surface area contributed by atoms with E-state index in [9.17, 15) is 14.9 Å². The molecule has 2 aliphatic rings. The van der Waals surface area contributed by atoms with E-state index in [0.29, 0.717) is 21.3 Å². The zero-order valence-electron chi connectivity index (χ0n) is 17.2. The standard InChI is InChI=1S/C21H26N4O2S2/c1-4-5-11-25-20(27)17(29-21(25)28)12-15-14(2)16(13-22)19(26)23(3)18(15)24-9-7-6-8-10-24/h12H,4-11H2,1-3H3/b17-12-. The first-order valence-corrected chi connectivity index (χ1v) is 11.3. The van der Waals surface area contributed by atoms with Crippen molar-refractivity contribution in [1.82, 2.24) is 9.47 Å². The van der Waals surface area contributed by atoms with Crippen molar-refractivity contribution in [2.24, 2.45) is 7.05 Å². The summed E-state index contributed by atoms with van der Waals surface area (Å²) in [5.41, 5.74) is 1.22. The smallest absolute Gasteiger partial charge is 0.270 e. The normalized spacial score (nSPS) is 18.6. The molecule has 0 aromatic carbocycles. The lowest BCUT2D eigenvalue weighted by molar-refractivity contribution is -0.122. The zero-order chi connectivity index (χ0) is 21.1. The van der Waals surface area contributed by atoms with Crippen LogP contribution in [0, 0.1) is 18.3 Å². The quantitative estimate of drug-likeness (QED) is 0.526. The van der Waals surface area contributed by atoms with Crippen LogP contribution in [0.2, 0.25) is 0 Å². The summed E-state index contributed by atoms with van der Waals surface area (Å²) in [7, 11) is 1.70. The summed E-state index contributed by atoms with van der Waals surface area (Å²) in [6, 6.07) is 2.05. The van der Waals surface area contributed by atoms with Crippen LogP contribution in [-0.2, 0) is 11.8 Å². The molecule has 2 aliphatic heterocycles. The molecule has 29 heavy (non-hydrogen) atoms. The van der Waals surface area contributed by atoms with Crippen molar-refractivity contribution in [2.75, 3.05) is 24.5 Å². The van der Waals surface area contributed by atoms with Crippen molar-refractivity contribution >= 4 is 46.1 Å². The van der Waals surface area contributed by atoms with Crippen LogP contribution in [0.4, 0.5) is 5.82 Å². The number of unbranched alkanes of at least 4 members (excludes halogenated alkanes) is 1. The second-order valence-electron chi connectivity index (χ2n) is 7.45. The maximum absolute atomic E-state index is 12.9. The second-order valence-corrected chi connectivity index (χ2v) is 9.12. The van der Waals surface area contributed by atoms with E-state index in [1.165, 1.54) is 18.2 Å². The lowest BCUT2D eigenvalue weighted by Gasteiger charge is -2.32. The highest BCUT2D eigenvalue weighted by atomic mass is 32.2. The number of nitriles is 1. The van der Waals surface area contributed by atoms with Crippen LogP contribution < -0.4 is 10.5 Å². The SMILES string of the molecule is CCCCN1C(=O)/C(=C/c2c(C)c(C#N)c(=O)n(C)c2N2CCCCC2)SC1=S. The van der Waals surface area contributed by atoms with Gasteiger partial charge < -0.3 is 4.90 Å². The van der Waals surface area contributed by atoms with Crippen molar-refractivity contribution < 1.29 is 4.79 Å². The number of carbonyl (C=O) groups is 1. The van der Waals surface area contributed by atoms with Crippen molar-refractivity contribution in [2.45, 2.75) is 46.0 Å². The minimum atomic E-state index is -0.293. The second kappa shape index (κ2) is 9.14. The molecule has 2 saturated heterocycles. The number of amides is 1. The molecular formula is C21H26N4O2S2. The van der Waals surface area contributed by atoms with Crippen molar-refractivity contribution in [3.05, 3.63) is 31.9 Å². The Hall–Kier alpha value is -2.11. The van der Waals surface area contributed by atoms with Crippen LogP contribution in [0.15, 0.2) is 9.70 Å². The number of nitrogens with zero attached hydrogens (tertiary/aromatic N) is 4. The van der Waals surface area contributed by atoms with Gasteiger partial charge in [-0.3, -0.25) is 19.1 Å². The number of rotatable bonds is 5. The maximum atomic E-state index is 12.9. The first kappa shape index (κ1) is 21.6. The Kier molecular flexibility index (Phi) is 6.81. The van der Waals surface area contributed by atoms with Gasteiger partial charge >= 0.3 is 0 Å². The summed E-state index contributed by atoms with van der Waals surface area (Å²) in [5, 5.41) is 9.54. The highest BCUT2D eigenvalue weighted by Crippen LogP contribution is 2.36. The van der Waals surface area contributed by atoms with Crippen LogP contribution in [0.25, 0.3) is 6.08 Å². The summed E-state index contributed by atoms with van der Waals surface area (Å²) in [6.45, 7) is 6.20. The predicted molar refractivity (Wildman–Crippen MR) is 122 cm³/mol. The largest absolute Gasteiger partial charge is 0.357 e. The minimum absolute atomic E-state index is 0.0928. The molecule has 2 fully saturated rings. The lowest BCUT2D eigenvalue weighted by atomic mass is 10.0. The van der Waals surface area contributed by atoms with E-state index >= 15 is 0 Å². The first-order valence-electron chi connectivity index (χ1n) is 10.0. The first-order chi connectivity index (χ1) is 13.9. The van der Waals surface area contributed by atoms with Gasteiger partial charge in [0.2, 0.25) is 0 Å². The average Bonchev–Trinajstić information content (AvgIpc) is 2.98. The maximum Gasteiger partial charge on any atom is 0.270 e. The van der Waals surface area contributed by atoms with Gasteiger partial charge in [-0.25, -0.2) is 0 Å². The third-order valence-corrected chi connectivity index (χ3v) is 6.89. The van der Waals surface area contributed by atoms with Crippen LogP contribution in [0.5, 0.6) is 0 Å². The Labute approximate surface area is 181 Å². The van der Waals surface area contributed by atoms with Gasteiger partial charge in [-0.15, -0.1) is 0 Å². The Morgan fingerprint density at radius 1 is 1.24 bits per heavy atom. The molecule has 3 rings (SSSR count). The Bertz CT molecular complexity index is 968. The fourth-order valence-electron chi connectivity index (χ4n) is 3.84. The summed E-state index contributed by atoms with van der Waals surface area (Å²) < 4.78 is 2.12. The van der Waals surface area contributed by atoms with Gasteiger partial charge in [0, 0.05) is 32.2 Å². The topological polar surface area (TPSA) is 69.3 Å². The third kappa shape index (κ3) is 4.12. The lowest BCUT2D eigenvalue weighted by Crippen LogP contribution is -2.36. The molecule has 0 spiro atoms. The summed E-state index contributed by atoms with van der Waals surface area (Å²) in [6.07, 6.45) is 7.00. The van der Waals surface area contributed by atoms with Crippen LogP contribution in [0.1, 0.15) is 55.7 Å². The number of anilines is 1. The highest BCUT2D eigenvalue weighted by molar-refractivity contribution is 8.26. The number of carbonyl (C=O) groups excluding carboxylic acids is 1. The van der Waals surface area contributed by atoms with E-state index in [-0.39, 0.29) is 17.0 Å². The van der Waals surface area contributed by atoms with E-state index in [0.717, 1.165) is 50.2 Å². The van der Waals surface area contributed by atoms with Gasteiger partial charge in [0.05, 0.1) is 4.91 Å². The molecule has 1 aromatic heterocycles. The molecule has 8 heteroatoms. The van der Waals surface area contributed by atoms with Crippen molar-refractivity contribution in [1.29, 1.82) is 5.26 Å². The third-order valence-electron chi connectivity index (χ3n) is 5.51. The number of hydrogen-bond donors (Lipinski definition) is 0. The van der Waals surface area contributed by atoms with Gasteiger partial charge in [0.25, 0.3) is 11.5 Å². The Morgan fingerprint density at radius 2 is 1.93 bits per heavy atom. The molecule has 0 unspecified atom stereocenters. The number of thiocarbonyl (C=S) groups is 1. The molecule has 3 heterocycles. The van der Waals surface area contributed by atoms with Gasteiger partial charge in [-0.1, -0.05) is 37.3 Å². The predicted octanol–water partition coefficient (Wildman–Crippen LogP) is 3.56. The summed E-state index contributed by atoms with van der Waals surface area (Å²) >= 11 is 6.71. The van der Waals surface area contributed by atoms with Crippen LogP contribution in [-0.4, -0.2) is 39.3 Å². The number of piperidine rings is 1.